The molecule has 0 unspecified atom stereocenters. The molecule has 2 nitrogen and oxygen atoms in total. The standard InChI is InChI=1S/C13H23F3O2S/c1-10(2)8-11(17)18-9-12(3,4)19-7-5-6-13(14,15)16/h10H,5-9H2,1-4H3. The van der Waals surface area contributed by atoms with Gasteiger partial charge in [-0.1, -0.05) is 13.8 Å². The quantitative estimate of drug-likeness (QED) is 0.490. The minimum Gasteiger partial charge on any atom is -0.464 e. The van der Waals surface area contributed by atoms with E-state index >= 15 is 0 Å². The minimum atomic E-state index is -4.09. The fraction of sp³-hybridized carbons (Fsp3) is 0.923. The molecule has 19 heavy (non-hydrogen) atoms. The largest absolute Gasteiger partial charge is 0.464 e. The Balaban J connectivity index is 3.83. The molecular weight excluding hydrogens is 277 g/mol. The second-order valence-corrected chi connectivity index (χ2v) is 7.39. The number of carbonyl (C=O) groups excluding carboxylic acids is 1. The molecule has 0 aliphatic heterocycles. The fourth-order valence-corrected chi connectivity index (χ4v) is 2.29. The van der Waals surface area contributed by atoms with Crippen molar-refractivity contribution in [1.29, 1.82) is 0 Å². The Morgan fingerprint density at radius 1 is 1.26 bits per heavy atom. The molecule has 0 spiro atoms. The lowest BCUT2D eigenvalue weighted by molar-refractivity contribution is -0.145. The van der Waals surface area contributed by atoms with E-state index < -0.39 is 12.6 Å². The van der Waals surface area contributed by atoms with Crippen molar-refractivity contribution in [2.75, 3.05) is 12.4 Å². The van der Waals surface area contributed by atoms with Gasteiger partial charge in [0.25, 0.3) is 0 Å². The summed E-state index contributed by atoms with van der Waals surface area (Å²) in [5.41, 5.74) is 0. The number of ether oxygens (including phenoxy) is 1. The molecule has 0 saturated heterocycles. The van der Waals surface area contributed by atoms with Crippen LogP contribution < -0.4 is 0 Å². The maximum absolute atomic E-state index is 12.0. The molecule has 114 valence electrons. The van der Waals surface area contributed by atoms with Crippen molar-refractivity contribution in [3.05, 3.63) is 0 Å². The Morgan fingerprint density at radius 2 is 1.84 bits per heavy atom. The highest BCUT2D eigenvalue weighted by molar-refractivity contribution is 8.00. The first-order valence-corrected chi connectivity index (χ1v) is 7.37. The molecule has 0 aliphatic carbocycles. The molecule has 0 aromatic heterocycles. The Hall–Kier alpha value is -0.390. The highest BCUT2D eigenvalue weighted by atomic mass is 32.2. The maximum Gasteiger partial charge on any atom is 0.389 e. The molecule has 0 radical (unpaired) electrons. The molecule has 0 aliphatic rings. The summed E-state index contributed by atoms with van der Waals surface area (Å²) in [7, 11) is 0. The van der Waals surface area contributed by atoms with E-state index in [0.717, 1.165) is 0 Å². The zero-order valence-corrected chi connectivity index (χ0v) is 12.8. The SMILES string of the molecule is CC(C)CC(=O)OCC(C)(C)SCCCC(F)(F)F. The highest BCUT2D eigenvalue weighted by Gasteiger charge is 2.27. The van der Waals surface area contributed by atoms with Gasteiger partial charge in [0.15, 0.2) is 0 Å². The van der Waals surface area contributed by atoms with Gasteiger partial charge in [-0.15, -0.1) is 0 Å². The normalized spacial score (nSPS) is 12.8. The molecule has 0 rings (SSSR count). The van der Waals surface area contributed by atoms with E-state index in [0.29, 0.717) is 12.2 Å². The van der Waals surface area contributed by atoms with Gasteiger partial charge in [0.1, 0.15) is 6.61 Å². The van der Waals surface area contributed by atoms with Gasteiger partial charge >= 0.3 is 12.1 Å². The first kappa shape index (κ1) is 18.6. The summed E-state index contributed by atoms with van der Waals surface area (Å²) in [6.45, 7) is 7.83. The summed E-state index contributed by atoms with van der Waals surface area (Å²) in [5, 5.41) is 0. The Bertz CT molecular complexity index is 276. The Labute approximate surface area is 117 Å². The van der Waals surface area contributed by atoms with Gasteiger partial charge in [0, 0.05) is 17.6 Å². The number of hydrogen-bond donors (Lipinski definition) is 0. The minimum absolute atomic E-state index is 0.0948. The van der Waals surface area contributed by atoms with Crippen LogP contribution >= 0.6 is 11.8 Å². The van der Waals surface area contributed by atoms with Crippen LogP contribution in [0.1, 0.15) is 47.0 Å². The van der Waals surface area contributed by atoms with E-state index in [1.165, 1.54) is 11.8 Å². The van der Waals surface area contributed by atoms with Gasteiger partial charge in [-0.3, -0.25) is 4.79 Å². The number of alkyl halides is 3. The van der Waals surface area contributed by atoms with Gasteiger partial charge in [-0.05, 0) is 31.9 Å². The zero-order valence-electron chi connectivity index (χ0n) is 12.0. The molecule has 0 N–H and O–H groups in total. The number of carbonyl (C=O) groups is 1. The van der Waals surface area contributed by atoms with E-state index in [4.69, 9.17) is 4.74 Å². The smallest absolute Gasteiger partial charge is 0.389 e. The number of hydrogen-bond acceptors (Lipinski definition) is 3. The van der Waals surface area contributed by atoms with Gasteiger partial charge < -0.3 is 4.74 Å². The van der Waals surface area contributed by atoms with E-state index in [2.05, 4.69) is 0 Å². The van der Waals surface area contributed by atoms with Gasteiger partial charge in [0.05, 0.1) is 0 Å². The van der Waals surface area contributed by atoms with Gasteiger partial charge in [-0.25, -0.2) is 0 Å². The average Bonchev–Trinajstić information content (AvgIpc) is 2.20. The zero-order chi connectivity index (χ0) is 15.1. The highest BCUT2D eigenvalue weighted by Crippen LogP contribution is 2.28. The molecule has 0 aromatic rings. The van der Waals surface area contributed by atoms with E-state index in [1.807, 2.05) is 27.7 Å². The summed E-state index contributed by atoms with van der Waals surface area (Å²) in [4.78, 5) is 11.4. The average molecular weight is 300 g/mol. The summed E-state index contributed by atoms with van der Waals surface area (Å²) in [6.07, 6.45) is -4.38. The Morgan fingerprint density at radius 3 is 2.32 bits per heavy atom. The van der Waals surface area contributed by atoms with Crippen molar-refractivity contribution in [3.63, 3.8) is 0 Å². The molecule has 0 bridgehead atoms. The molecular formula is C13H23F3O2S. The van der Waals surface area contributed by atoms with Gasteiger partial charge in [-0.2, -0.15) is 24.9 Å². The lowest BCUT2D eigenvalue weighted by Crippen LogP contribution is -2.26. The van der Waals surface area contributed by atoms with Crippen LogP contribution in [0.4, 0.5) is 13.2 Å². The molecule has 6 heteroatoms. The lowest BCUT2D eigenvalue weighted by atomic mass is 10.1. The second-order valence-electron chi connectivity index (χ2n) is 5.59. The summed E-state index contributed by atoms with van der Waals surface area (Å²) in [6, 6.07) is 0. The van der Waals surface area contributed by atoms with Crippen molar-refractivity contribution in [2.45, 2.75) is 57.9 Å². The predicted molar refractivity (Wildman–Crippen MR) is 72.2 cm³/mol. The molecule has 0 amide bonds. The van der Waals surface area contributed by atoms with Crippen LogP contribution in [-0.4, -0.2) is 29.3 Å². The topological polar surface area (TPSA) is 26.3 Å². The molecule has 0 saturated carbocycles. The monoisotopic (exact) mass is 300 g/mol. The molecule has 0 aromatic carbocycles. The van der Waals surface area contributed by atoms with E-state index in [9.17, 15) is 18.0 Å². The molecule has 0 heterocycles. The van der Waals surface area contributed by atoms with Crippen LogP contribution in [0, 0.1) is 5.92 Å². The van der Waals surface area contributed by atoms with Crippen molar-refractivity contribution in [2.24, 2.45) is 5.92 Å². The van der Waals surface area contributed by atoms with Crippen LogP contribution in [0.2, 0.25) is 0 Å². The second kappa shape index (κ2) is 8.02. The van der Waals surface area contributed by atoms with E-state index in [1.54, 1.807) is 0 Å². The van der Waals surface area contributed by atoms with Crippen molar-refractivity contribution in [1.82, 2.24) is 0 Å². The van der Waals surface area contributed by atoms with Crippen LogP contribution in [0.5, 0.6) is 0 Å². The number of esters is 1. The summed E-state index contributed by atoms with van der Waals surface area (Å²) in [5.74, 6) is 0.405. The fourth-order valence-electron chi connectivity index (χ4n) is 1.31. The molecule has 0 atom stereocenters. The lowest BCUT2D eigenvalue weighted by Gasteiger charge is -2.24. The Kier molecular flexibility index (Phi) is 7.86. The van der Waals surface area contributed by atoms with Crippen molar-refractivity contribution in [3.8, 4) is 0 Å². The van der Waals surface area contributed by atoms with Crippen LogP contribution in [0.3, 0.4) is 0 Å². The van der Waals surface area contributed by atoms with E-state index in [-0.39, 0.29) is 29.7 Å². The third-order valence-corrected chi connectivity index (χ3v) is 3.65. The first-order valence-electron chi connectivity index (χ1n) is 6.38. The number of halogens is 3. The third kappa shape index (κ3) is 12.4. The summed E-state index contributed by atoms with van der Waals surface area (Å²) >= 11 is 1.40. The van der Waals surface area contributed by atoms with Crippen molar-refractivity contribution >= 4 is 17.7 Å². The van der Waals surface area contributed by atoms with Crippen LogP contribution in [-0.2, 0) is 9.53 Å². The summed E-state index contributed by atoms with van der Waals surface area (Å²) < 4.78 is 40.7. The maximum atomic E-state index is 12.0. The van der Waals surface area contributed by atoms with Gasteiger partial charge in [0.2, 0.25) is 0 Å². The molecule has 0 fully saturated rings. The first-order chi connectivity index (χ1) is 8.52. The number of thioether (sulfide) groups is 1. The number of rotatable bonds is 8. The predicted octanol–water partition coefficient (Wildman–Crippen LogP) is 4.43. The van der Waals surface area contributed by atoms with Crippen LogP contribution in [0.15, 0.2) is 0 Å². The third-order valence-electron chi connectivity index (χ3n) is 2.25. The van der Waals surface area contributed by atoms with Crippen molar-refractivity contribution < 1.29 is 22.7 Å². The van der Waals surface area contributed by atoms with Crippen LogP contribution in [0.25, 0.3) is 0 Å².